The van der Waals surface area contributed by atoms with Crippen molar-refractivity contribution < 1.29 is 4.90 Å². The number of hydrogen-bond donors (Lipinski definition) is 1. The summed E-state index contributed by atoms with van der Waals surface area (Å²) in [5.74, 6) is 1.04. The molecule has 0 aromatic carbocycles. The van der Waals surface area contributed by atoms with Crippen LogP contribution in [-0.4, -0.2) is 5.84 Å². The lowest BCUT2D eigenvalue weighted by molar-refractivity contribution is -0.688. The third kappa shape index (κ3) is 0.793. The molecule has 0 aliphatic carbocycles. The van der Waals surface area contributed by atoms with Crippen LogP contribution in [0.2, 0.25) is 0 Å². The first-order valence-electron chi connectivity index (χ1n) is 2.63. The summed E-state index contributed by atoms with van der Waals surface area (Å²) >= 11 is 0. The molecule has 44 valence electrons. The van der Waals surface area contributed by atoms with E-state index in [0.717, 1.165) is 16.4 Å². The number of hydrogen-bond acceptors (Lipinski definition) is 1. The van der Waals surface area contributed by atoms with Crippen molar-refractivity contribution in [1.29, 1.82) is 0 Å². The van der Waals surface area contributed by atoms with Crippen LogP contribution in [0.15, 0.2) is 16.9 Å². The first kappa shape index (κ1) is 5.51. The van der Waals surface area contributed by atoms with E-state index in [-0.39, 0.29) is 0 Å². The van der Waals surface area contributed by atoms with Gasteiger partial charge in [-0.25, -0.2) is 4.99 Å². The Morgan fingerprint density at radius 2 is 2.25 bits per heavy atom. The number of quaternary nitrogens is 1. The van der Waals surface area contributed by atoms with Gasteiger partial charge in [0.15, 0.2) is 5.84 Å². The molecule has 0 saturated carbocycles. The van der Waals surface area contributed by atoms with Crippen molar-refractivity contribution in [2.75, 3.05) is 0 Å². The Hall–Kier alpha value is -0.630. The first-order valence-corrected chi connectivity index (χ1v) is 2.63. The summed E-state index contributed by atoms with van der Waals surface area (Å²) in [6.07, 6.45) is 1.98. The summed E-state index contributed by atoms with van der Waals surface area (Å²) in [6.45, 7) is 3.94. The fourth-order valence-electron chi connectivity index (χ4n) is 0.725. The SMILES string of the molecule is [CH2-][NH+]1C=C(C)N=C1C. The molecule has 1 rings (SSSR count). The van der Waals surface area contributed by atoms with E-state index in [4.69, 9.17) is 0 Å². The molecule has 1 unspecified atom stereocenters. The highest BCUT2D eigenvalue weighted by molar-refractivity contribution is 5.73. The Morgan fingerprint density at radius 3 is 2.38 bits per heavy atom. The second-order valence-corrected chi connectivity index (χ2v) is 2.01. The summed E-state index contributed by atoms with van der Waals surface area (Å²) in [7, 11) is 3.78. The minimum Gasteiger partial charge on any atom is -0.394 e. The van der Waals surface area contributed by atoms with Gasteiger partial charge in [-0.05, 0) is 6.92 Å². The van der Waals surface area contributed by atoms with Crippen LogP contribution in [0.5, 0.6) is 0 Å². The summed E-state index contributed by atoms with van der Waals surface area (Å²) in [5, 5.41) is 0. The van der Waals surface area contributed by atoms with E-state index in [1.54, 1.807) is 0 Å². The Balaban J connectivity index is 2.78. The molecule has 2 nitrogen and oxygen atoms in total. The molecule has 0 amide bonds. The van der Waals surface area contributed by atoms with Gasteiger partial charge >= 0.3 is 0 Å². The lowest BCUT2D eigenvalue weighted by Crippen LogP contribution is -3.03. The molecule has 1 aliphatic heterocycles. The smallest absolute Gasteiger partial charge is 0.176 e. The quantitative estimate of drug-likeness (QED) is 0.421. The van der Waals surface area contributed by atoms with Gasteiger partial charge in [0.2, 0.25) is 0 Å². The van der Waals surface area contributed by atoms with Gasteiger partial charge in [-0.1, -0.05) is 0 Å². The zero-order valence-electron chi connectivity index (χ0n) is 5.23. The maximum Gasteiger partial charge on any atom is 0.176 e. The first-order chi connectivity index (χ1) is 3.70. The van der Waals surface area contributed by atoms with Crippen molar-refractivity contribution in [1.82, 2.24) is 0 Å². The average molecular weight is 110 g/mol. The van der Waals surface area contributed by atoms with Crippen LogP contribution in [0.4, 0.5) is 0 Å². The van der Waals surface area contributed by atoms with Gasteiger partial charge in [0.25, 0.3) is 0 Å². The molecule has 0 aromatic heterocycles. The number of nitrogens with zero attached hydrogens (tertiary/aromatic N) is 1. The Bertz CT molecular complexity index is 156. The molecule has 1 atom stereocenters. The fraction of sp³-hybridized carbons (Fsp3) is 0.333. The molecular weight excluding hydrogens is 100 g/mol. The van der Waals surface area contributed by atoms with Gasteiger partial charge < -0.3 is 4.90 Å². The van der Waals surface area contributed by atoms with Crippen molar-refractivity contribution in [2.45, 2.75) is 13.8 Å². The second kappa shape index (κ2) is 1.71. The van der Waals surface area contributed by atoms with E-state index in [1.165, 1.54) is 0 Å². The van der Waals surface area contributed by atoms with E-state index in [2.05, 4.69) is 12.0 Å². The Labute approximate surface area is 49.5 Å². The summed E-state index contributed by atoms with van der Waals surface area (Å²) < 4.78 is 0. The van der Waals surface area contributed by atoms with E-state index in [9.17, 15) is 0 Å². The Morgan fingerprint density at radius 1 is 1.62 bits per heavy atom. The monoisotopic (exact) mass is 110 g/mol. The molecular formula is C6H10N2. The van der Waals surface area contributed by atoms with E-state index in [1.807, 2.05) is 20.0 Å². The molecule has 0 bridgehead atoms. The van der Waals surface area contributed by atoms with Gasteiger partial charge in [0.05, 0.1) is 11.9 Å². The number of rotatable bonds is 0. The van der Waals surface area contributed by atoms with E-state index in [0.29, 0.717) is 0 Å². The van der Waals surface area contributed by atoms with Gasteiger partial charge in [0, 0.05) is 6.92 Å². The van der Waals surface area contributed by atoms with Crippen LogP contribution >= 0.6 is 0 Å². The molecule has 2 heteroatoms. The summed E-state index contributed by atoms with van der Waals surface area (Å²) in [5.41, 5.74) is 1.06. The van der Waals surface area contributed by atoms with Crippen molar-refractivity contribution in [3.8, 4) is 0 Å². The third-order valence-corrected chi connectivity index (χ3v) is 1.19. The van der Waals surface area contributed by atoms with Crippen LogP contribution in [0, 0.1) is 7.05 Å². The van der Waals surface area contributed by atoms with Crippen molar-refractivity contribution >= 4 is 5.84 Å². The third-order valence-electron chi connectivity index (χ3n) is 1.19. The predicted octanol–water partition coefficient (Wildman–Crippen LogP) is -0.0438. The lowest BCUT2D eigenvalue weighted by Gasteiger charge is -2.06. The number of amidine groups is 1. The largest absolute Gasteiger partial charge is 0.394 e. The fourth-order valence-corrected chi connectivity index (χ4v) is 0.725. The van der Waals surface area contributed by atoms with Crippen LogP contribution in [0.25, 0.3) is 0 Å². The average Bonchev–Trinajstić information content (AvgIpc) is 1.85. The van der Waals surface area contributed by atoms with Gasteiger partial charge in [0.1, 0.15) is 0 Å². The molecule has 0 spiro atoms. The highest BCUT2D eigenvalue weighted by Crippen LogP contribution is 1.93. The minimum absolute atomic E-state index is 1.04. The molecule has 8 heavy (non-hydrogen) atoms. The van der Waals surface area contributed by atoms with Gasteiger partial charge in [-0.2, -0.15) is 0 Å². The minimum atomic E-state index is 1.04. The van der Waals surface area contributed by atoms with Crippen LogP contribution in [0.3, 0.4) is 0 Å². The van der Waals surface area contributed by atoms with E-state index < -0.39 is 0 Å². The van der Waals surface area contributed by atoms with E-state index >= 15 is 0 Å². The molecule has 1 heterocycles. The lowest BCUT2D eigenvalue weighted by atomic mass is 10.6. The molecule has 0 fully saturated rings. The normalized spacial score (nSPS) is 27.6. The predicted molar refractivity (Wildman–Crippen MR) is 33.2 cm³/mol. The van der Waals surface area contributed by atoms with Crippen molar-refractivity contribution in [2.24, 2.45) is 4.99 Å². The van der Waals surface area contributed by atoms with Crippen molar-refractivity contribution in [3.63, 3.8) is 0 Å². The van der Waals surface area contributed by atoms with Crippen LogP contribution in [0.1, 0.15) is 13.8 Å². The van der Waals surface area contributed by atoms with Crippen molar-refractivity contribution in [3.05, 3.63) is 18.9 Å². The highest BCUT2D eigenvalue weighted by atomic mass is 15.2. The maximum atomic E-state index is 4.15. The van der Waals surface area contributed by atoms with Crippen LogP contribution < -0.4 is 4.90 Å². The molecule has 0 radical (unpaired) electrons. The Kier molecular flexibility index (Phi) is 1.18. The zero-order valence-corrected chi connectivity index (χ0v) is 5.23. The summed E-state index contributed by atoms with van der Waals surface area (Å²) in [6, 6.07) is 0. The number of nitrogens with one attached hydrogen (secondary N) is 1. The molecule has 1 N–H and O–H groups in total. The van der Waals surface area contributed by atoms with Crippen LogP contribution in [-0.2, 0) is 0 Å². The zero-order chi connectivity index (χ0) is 6.15. The van der Waals surface area contributed by atoms with Gasteiger partial charge in [-0.3, -0.25) is 0 Å². The summed E-state index contributed by atoms with van der Waals surface area (Å²) in [4.78, 5) is 5.19. The molecule has 0 saturated heterocycles. The second-order valence-electron chi connectivity index (χ2n) is 2.01. The highest BCUT2D eigenvalue weighted by Gasteiger charge is 2.05. The van der Waals surface area contributed by atoms with Gasteiger partial charge in [-0.15, -0.1) is 7.05 Å². The standard InChI is InChI=1S/C6H10N2/c1-5-4-8(3)6(2)7-5/h4,8H,3H2,1-2H3. The molecule has 1 aliphatic rings. The molecule has 0 aromatic rings. The topological polar surface area (TPSA) is 16.8 Å². The number of aliphatic imine (C=N–C) groups is 1. The number of allylic oxidation sites excluding steroid dienone is 1. The maximum absolute atomic E-state index is 4.15.